The highest BCUT2D eigenvalue weighted by Crippen LogP contribution is 2.50. The maximum atomic E-state index is 13.3. The van der Waals surface area contributed by atoms with Gasteiger partial charge in [-0.1, -0.05) is 66.7 Å². The molecule has 9 aromatic rings. The number of likely N-dealkylation sites (N-methyl/N-ethyl adjacent to an activating group) is 2. The molecule has 6 aromatic carbocycles. The summed E-state index contributed by atoms with van der Waals surface area (Å²) in [5, 5.41) is 53.3. The lowest BCUT2D eigenvalue weighted by atomic mass is 9.77. The van der Waals surface area contributed by atoms with Crippen molar-refractivity contribution in [3.8, 4) is 63.0 Å². The Morgan fingerprint density at radius 3 is 1.33 bits per heavy atom. The molecule has 2 saturated heterocycles. The number of carbonyl (C=O) groups excluding carboxylic acids is 6. The van der Waals surface area contributed by atoms with Gasteiger partial charge in [0.2, 0.25) is 39.6 Å². The number of aliphatic imine (C=N–C) groups is 5. The molecule has 3 aromatic heterocycles. The zero-order chi connectivity index (χ0) is 98.2. The molecule has 135 heavy (non-hydrogen) atoms. The van der Waals surface area contributed by atoms with Crippen LogP contribution in [0.2, 0.25) is 0 Å². The highest BCUT2D eigenvalue weighted by Gasteiger charge is 2.52. The Morgan fingerprint density at radius 1 is 0.496 bits per heavy atom. The molecule has 7 amide bonds. The molecule has 0 aliphatic carbocycles. The van der Waals surface area contributed by atoms with Crippen LogP contribution in [0.1, 0.15) is 158 Å². The Morgan fingerprint density at radius 2 is 0.896 bits per heavy atom. The summed E-state index contributed by atoms with van der Waals surface area (Å²) in [7, 11) is 4.80. The molecule has 0 radical (unpaired) electrons. The number of anilines is 1. The monoisotopic (exact) mass is 1900 g/mol. The number of urea groups is 1. The van der Waals surface area contributed by atoms with Gasteiger partial charge >= 0.3 is 12.2 Å². The molecule has 0 saturated carbocycles. The van der Waals surface area contributed by atoms with Crippen molar-refractivity contribution < 1.29 is 50.4 Å². The molecular formula is C96H101F3N24O8S4. The zero-order valence-electron chi connectivity index (χ0n) is 76.0. The second-order valence-corrected chi connectivity index (χ2v) is 39.7. The number of halogens is 3. The first-order chi connectivity index (χ1) is 63.8. The molecule has 698 valence electrons. The number of sulfonamides is 1. The number of aromatic nitrogens is 1. The number of nitrogens with zero attached hydrogens (tertiary/aromatic N) is 18. The van der Waals surface area contributed by atoms with Crippen molar-refractivity contribution in [2.75, 3.05) is 72.5 Å². The van der Waals surface area contributed by atoms with Gasteiger partial charge in [-0.2, -0.15) is 39.5 Å². The van der Waals surface area contributed by atoms with E-state index in [9.17, 15) is 71.4 Å². The lowest BCUT2D eigenvalue weighted by molar-refractivity contribution is -0.137. The van der Waals surface area contributed by atoms with Crippen LogP contribution in [0.15, 0.2) is 200 Å². The topological polar surface area (TPSA) is 495 Å². The van der Waals surface area contributed by atoms with Crippen LogP contribution in [0.25, 0.3) is 32.7 Å². The fourth-order valence-electron chi connectivity index (χ4n) is 17.1. The summed E-state index contributed by atoms with van der Waals surface area (Å²) in [6.07, 6.45) is 1.09. The molecule has 9 atom stereocenters. The number of thiophene rings is 2. The summed E-state index contributed by atoms with van der Waals surface area (Å²) >= 11 is 4.45. The quantitative estimate of drug-likeness (QED) is 0.0624. The average Bonchev–Trinajstić information content (AvgIpc) is 1.73. The number of nitrogens with one attached hydrogen (secondary N) is 1. The van der Waals surface area contributed by atoms with Gasteiger partial charge in [0.15, 0.2) is 29.8 Å². The van der Waals surface area contributed by atoms with Gasteiger partial charge in [-0.05, 0) is 214 Å². The zero-order valence-corrected chi connectivity index (χ0v) is 79.3. The SMILES string of the molecule is CCS(=O)(=O)N1CCCC([C@]2(C)CC(=O)N(C)C(N)=N2)C1.CN1C(=O)C[C@@](C)(C2CCCN(C(=O)Nc3cccc(C(F)(F)F)c3)C2)N=C1N.CN1C(=O)C[C@@](C)(c2ncc(-c3cccc(C#N)c3)s2)N=C1N.CN1C(=O)[C@@H](c2cccc(C#N)c2)[C@@](C)(c2cc(-c3cccc(C#N)c3)cs2)N=C1N.CN1C(=O)[C@H](c2cccc(C#N)c2)[C@@](C)(c2cc(-c3cccc(C#N)c3)cs2)N=C1N. The Labute approximate surface area is 792 Å². The second kappa shape index (κ2) is 40.5. The van der Waals surface area contributed by atoms with E-state index in [1.165, 1.54) is 74.9 Å². The van der Waals surface area contributed by atoms with Crippen LogP contribution in [0.3, 0.4) is 0 Å². The number of alkyl halides is 3. The highest BCUT2D eigenvalue weighted by molar-refractivity contribution is 7.89. The van der Waals surface area contributed by atoms with Crippen molar-refractivity contribution in [3.05, 3.63) is 234 Å². The van der Waals surface area contributed by atoms with E-state index in [2.05, 4.69) is 55.6 Å². The molecule has 7 aliphatic rings. The molecule has 0 spiro atoms. The van der Waals surface area contributed by atoms with E-state index < -0.39 is 67.3 Å². The Kier molecular flexibility index (Phi) is 29.8. The van der Waals surface area contributed by atoms with Gasteiger partial charge in [0.25, 0.3) is 0 Å². The van der Waals surface area contributed by atoms with Crippen LogP contribution in [0, 0.1) is 68.5 Å². The molecule has 2 fully saturated rings. The third kappa shape index (κ3) is 21.7. The van der Waals surface area contributed by atoms with Gasteiger partial charge in [0.05, 0.1) is 117 Å². The molecule has 10 heterocycles. The standard InChI is InChI=1S/2C24H19N5OS.C19H24F3N5O2.C16H15N5OS.C13H24N4O3S/c2*1-24(20-11-19(14-31-20)17-7-3-5-15(9-17)12-25)21(22(30)29(2)23(27)28-24)18-8-4-6-16(10-18)13-26;1-18(10-15(28)26(2)16(23)25-18)13-6-4-8-27(11-13)17(29)24-14-7-3-5-12(9-14)19(20,21)22;1-16(7-13(22)21(2)15(18)20-16)14-19-9-12(23-14)11-5-3-4-10(6-11)8-17;1-4-21(19,20)17-7-5-6-10(9-17)13(2)8-11(18)16(3)12(14)15-13/h2*3-11,14,21H,1-2H3,(H2,27,28);3,5,7,9,13H,4,6,8,10-11H2,1-2H3,(H2,23,25)(H,24,29);3-6,9H,7H2,1-2H3,(H2,18,20);10H,4-9H2,1-3H3,(H2,14,15)/t21-,24+;21-,24-;13?,18-;16-;10?,13-/m01000/s1. The number of nitrogens with two attached hydrogens (primary N) is 5. The van der Waals surface area contributed by atoms with E-state index in [1.54, 1.807) is 108 Å². The second-order valence-electron chi connectivity index (χ2n) is 34.6. The van der Waals surface area contributed by atoms with E-state index in [1.807, 2.05) is 124 Å². The summed E-state index contributed by atoms with van der Waals surface area (Å²) in [6.45, 7) is 12.8. The minimum Gasteiger partial charge on any atom is -0.369 e. The Hall–Kier alpha value is -14.5. The van der Waals surface area contributed by atoms with Gasteiger partial charge in [-0.25, -0.2) is 47.5 Å². The number of likely N-dealkylation sites (tertiary alicyclic amines) is 1. The summed E-state index contributed by atoms with van der Waals surface area (Å²) in [6, 6.07) is 55.0. The summed E-state index contributed by atoms with van der Waals surface area (Å²) in [5.41, 5.74) is 33.9. The molecular weight excluding hydrogens is 1800 g/mol. The Bertz CT molecular complexity index is 6430. The number of benzene rings is 6. The van der Waals surface area contributed by atoms with Crippen molar-refractivity contribution >= 4 is 115 Å². The number of rotatable bonds is 13. The fourth-order valence-corrected chi connectivity index (χ4v) is 21.4. The van der Waals surface area contributed by atoms with E-state index in [0.29, 0.717) is 60.4 Å². The molecule has 0 bridgehead atoms. The van der Waals surface area contributed by atoms with Crippen LogP contribution >= 0.6 is 34.0 Å². The van der Waals surface area contributed by atoms with Gasteiger partial charge in [0, 0.05) is 89.0 Å². The summed E-state index contributed by atoms with van der Waals surface area (Å²) in [5.74, 6) is -0.988. The lowest BCUT2D eigenvalue weighted by Gasteiger charge is -2.43. The first kappa shape index (κ1) is 99.5. The van der Waals surface area contributed by atoms with E-state index in [4.69, 9.17) is 43.9 Å². The molecule has 39 heteroatoms. The molecule has 32 nitrogen and oxygen atoms in total. The summed E-state index contributed by atoms with van der Waals surface area (Å²) < 4.78 is 64.3. The normalized spacial score (nSPS) is 23.6. The first-order valence-electron chi connectivity index (χ1n) is 42.8. The van der Waals surface area contributed by atoms with Crippen molar-refractivity contribution in [1.29, 1.82) is 26.3 Å². The number of amides is 7. The van der Waals surface area contributed by atoms with Crippen molar-refractivity contribution in [1.82, 2.24) is 38.7 Å². The van der Waals surface area contributed by atoms with E-state index in [-0.39, 0.29) is 102 Å². The Balaban J connectivity index is 0.000000153. The number of guanidine groups is 5. The predicted octanol–water partition coefficient (Wildman–Crippen LogP) is 12.8. The number of thiazole rings is 1. The number of hydrogen-bond acceptors (Lipinski definition) is 27. The maximum Gasteiger partial charge on any atom is 0.416 e. The van der Waals surface area contributed by atoms with Gasteiger partial charge in [0.1, 0.15) is 21.6 Å². The van der Waals surface area contributed by atoms with Gasteiger partial charge < -0.3 is 38.9 Å². The minimum atomic E-state index is -4.48. The molecule has 16 rings (SSSR count). The largest absolute Gasteiger partial charge is 0.416 e. The fraction of sp³-hybridized carbons (Fsp3) is 0.344. The maximum absolute atomic E-state index is 13.3. The summed E-state index contributed by atoms with van der Waals surface area (Å²) in [4.78, 5) is 114. The van der Waals surface area contributed by atoms with Gasteiger partial charge in [-0.15, -0.1) is 34.0 Å². The minimum absolute atomic E-state index is 0.0174. The number of hydrogen-bond donors (Lipinski definition) is 6. The van der Waals surface area contributed by atoms with Crippen LogP contribution in [0.5, 0.6) is 0 Å². The highest BCUT2D eigenvalue weighted by atomic mass is 32.2. The first-order valence-corrected chi connectivity index (χ1v) is 47.0. The van der Waals surface area contributed by atoms with Crippen LogP contribution < -0.4 is 34.0 Å². The lowest BCUT2D eigenvalue weighted by Crippen LogP contribution is -2.55. The smallest absolute Gasteiger partial charge is 0.369 e. The van der Waals surface area contributed by atoms with Crippen LogP contribution in [0.4, 0.5) is 23.7 Å². The number of nitriles is 5. The van der Waals surface area contributed by atoms with Crippen molar-refractivity contribution in [2.24, 2.45) is 65.5 Å². The predicted molar refractivity (Wildman–Crippen MR) is 512 cm³/mol. The van der Waals surface area contributed by atoms with Crippen molar-refractivity contribution in [2.45, 2.75) is 132 Å². The van der Waals surface area contributed by atoms with Crippen molar-refractivity contribution in [3.63, 3.8) is 0 Å². The van der Waals surface area contributed by atoms with Gasteiger partial charge in [-0.3, -0.25) is 48.5 Å². The average molecular weight is 1900 g/mol. The van der Waals surface area contributed by atoms with Crippen LogP contribution in [-0.4, -0.2) is 191 Å². The van der Waals surface area contributed by atoms with Crippen LogP contribution in [-0.2, 0) is 56.8 Å². The molecule has 11 N–H and O–H groups in total. The third-order valence-corrected chi connectivity index (χ3v) is 30.7. The molecule has 2 unspecified atom stereocenters. The molecule has 7 aliphatic heterocycles. The number of carbonyl (C=O) groups is 6. The van der Waals surface area contributed by atoms with E-state index in [0.717, 1.165) is 90.0 Å². The number of piperidine rings is 2. The van der Waals surface area contributed by atoms with E-state index >= 15 is 0 Å². The third-order valence-electron chi connectivity index (χ3n) is 25.3.